The fourth-order valence-corrected chi connectivity index (χ4v) is 4.80. The Morgan fingerprint density at radius 2 is 1.30 bits per heavy atom. The standard InChI is InChI=1S/C18H22O4S/c1-9-7-15(19)18(14(6)11(9)3)23(21,22)16-8-10(2)17(20)13(5)12(16)4/h7-8,19-20H,1-6H3. The SMILES string of the molecule is Cc1cc(O)c(S(=O)(=O)c2cc(C)c(O)c(C)c2C)c(C)c1C. The molecule has 0 unspecified atom stereocenters. The number of aryl methyl sites for hydroxylation is 2. The molecule has 0 atom stereocenters. The van der Waals surface area contributed by atoms with Crippen molar-refractivity contribution < 1.29 is 18.6 Å². The first-order valence-electron chi connectivity index (χ1n) is 7.34. The van der Waals surface area contributed by atoms with E-state index in [0.29, 0.717) is 22.3 Å². The number of benzene rings is 2. The van der Waals surface area contributed by atoms with Gasteiger partial charge in [0, 0.05) is 0 Å². The monoisotopic (exact) mass is 334 g/mol. The van der Waals surface area contributed by atoms with Crippen LogP contribution in [0.25, 0.3) is 0 Å². The molecule has 4 nitrogen and oxygen atoms in total. The van der Waals surface area contributed by atoms with Crippen LogP contribution in [0.2, 0.25) is 0 Å². The lowest BCUT2D eigenvalue weighted by atomic mass is 10.0. The minimum absolute atomic E-state index is 0.0619. The fourth-order valence-electron chi connectivity index (χ4n) is 2.80. The second-order valence-electron chi connectivity index (χ2n) is 6.09. The van der Waals surface area contributed by atoms with Gasteiger partial charge in [0.05, 0.1) is 4.90 Å². The van der Waals surface area contributed by atoms with Crippen molar-refractivity contribution in [3.05, 3.63) is 45.5 Å². The Bertz CT molecular complexity index is 910. The van der Waals surface area contributed by atoms with Gasteiger partial charge in [0.1, 0.15) is 16.4 Å². The van der Waals surface area contributed by atoms with Crippen LogP contribution < -0.4 is 0 Å². The quantitative estimate of drug-likeness (QED) is 0.876. The summed E-state index contributed by atoms with van der Waals surface area (Å²) in [5.74, 6) is -0.143. The fraction of sp³-hybridized carbons (Fsp3) is 0.333. The van der Waals surface area contributed by atoms with Gasteiger partial charge in [-0.15, -0.1) is 0 Å². The van der Waals surface area contributed by atoms with E-state index in [1.807, 2.05) is 13.8 Å². The van der Waals surface area contributed by atoms with Crippen LogP contribution in [0.4, 0.5) is 0 Å². The number of rotatable bonds is 2. The van der Waals surface area contributed by atoms with Crippen LogP contribution in [0.5, 0.6) is 11.5 Å². The van der Waals surface area contributed by atoms with Crippen molar-refractivity contribution in [1.29, 1.82) is 0 Å². The third kappa shape index (κ3) is 2.59. The van der Waals surface area contributed by atoms with Crippen LogP contribution in [0, 0.1) is 41.5 Å². The van der Waals surface area contributed by atoms with Gasteiger partial charge in [0.2, 0.25) is 9.84 Å². The topological polar surface area (TPSA) is 74.6 Å². The summed E-state index contributed by atoms with van der Waals surface area (Å²) in [4.78, 5) is 0.0557. The van der Waals surface area contributed by atoms with Gasteiger partial charge in [-0.25, -0.2) is 8.42 Å². The first kappa shape index (κ1) is 17.3. The molecule has 0 heterocycles. The molecule has 0 spiro atoms. The molecule has 0 aliphatic rings. The van der Waals surface area contributed by atoms with Gasteiger partial charge in [-0.05, 0) is 87.1 Å². The second-order valence-corrected chi connectivity index (χ2v) is 7.94. The smallest absolute Gasteiger partial charge is 0.210 e. The molecule has 0 aromatic heterocycles. The first-order chi connectivity index (χ1) is 10.5. The normalized spacial score (nSPS) is 11.7. The summed E-state index contributed by atoms with van der Waals surface area (Å²) in [5.41, 5.74) is 3.74. The van der Waals surface area contributed by atoms with E-state index in [2.05, 4.69) is 0 Å². The van der Waals surface area contributed by atoms with E-state index in [-0.39, 0.29) is 21.3 Å². The van der Waals surface area contributed by atoms with Crippen LogP contribution in [-0.4, -0.2) is 18.6 Å². The summed E-state index contributed by atoms with van der Waals surface area (Å²) < 4.78 is 26.3. The van der Waals surface area contributed by atoms with Crippen LogP contribution in [-0.2, 0) is 9.84 Å². The van der Waals surface area contributed by atoms with E-state index >= 15 is 0 Å². The maximum Gasteiger partial charge on any atom is 0.210 e. The molecule has 0 saturated carbocycles. The van der Waals surface area contributed by atoms with Crippen molar-refractivity contribution in [1.82, 2.24) is 0 Å². The van der Waals surface area contributed by atoms with E-state index < -0.39 is 9.84 Å². The van der Waals surface area contributed by atoms with E-state index in [4.69, 9.17) is 0 Å². The molecule has 2 rings (SSSR count). The number of aromatic hydroxyl groups is 2. The maximum absolute atomic E-state index is 13.1. The molecule has 124 valence electrons. The van der Waals surface area contributed by atoms with Gasteiger partial charge in [0.25, 0.3) is 0 Å². The summed E-state index contributed by atoms with van der Waals surface area (Å²) >= 11 is 0. The summed E-state index contributed by atoms with van der Waals surface area (Å²) in [6.45, 7) is 10.4. The van der Waals surface area contributed by atoms with Gasteiger partial charge in [-0.3, -0.25) is 0 Å². The Kier molecular flexibility index (Phi) is 4.20. The molecular weight excluding hydrogens is 312 g/mol. The number of hydrogen-bond acceptors (Lipinski definition) is 4. The summed E-state index contributed by atoms with van der Waals surface area (Å²) in [6.07, 6.45) is 0. The summed E-state index contributed by atoms with van der Waals surface area (Å²) in [5, 5.41) is 20.2. The second kappa shape index (κ2) is 5.57. The van der Waals surface area contributed by atoms with Crippen molar-refractivity contribution in [3.63, 3.8) is 0 Å². The third-order valence-electron chi connectivity index (χ3n) is 4.65. The molecule has 0 saturated heterocycles. The molecule has 2 N–H and O–H groups in total. The molecular formula is C18H22O4S. The average molecular weight is 334 g/mol. The van der Waals surface area contributed by atoms with Gasteiger partial charge < -0.3 is 10.2 Å². The lowest BCUT2D eigenvalue weighted by Gasteiger charge is -2.17. The summed E-state index contributed by atoms with van der Waals surface area (Å²) in [7, 11) is -3.89. The minimum atomic E-state index is -3.89. The highest BCUT2D eigenvalue weighted by Gasteiger charge is 2.28. The first-order valence-corrected chi connectivity index (χ1v) is 8.83. The van der Waals surface area contributed by atoms with Gasteiger partial charge >= 0.3 is 0 Å². The van der Waals surface area contributed by atoms with E-state index in [1.165, 1.54) is 12.1 Å². The largest absolute Gasteiger partial charge is 0.507 e. The predicted octanol–water partition coefficient (Wildman–Crippen LogP) is 3.78. The van der Waals surface area contributed by atoms with Gasteiger partial charge in [0.15, 0.2) is 0 Å². The van der Waals surface area contributed by atoms with Crippen LogP contribution in [0.1, 0.15) is 33.4 Å². The van der Waals surface area contributed by atoms with Crippen molar-refractivity contribution >= 4 is 9.84 Å². The Morgan fingerprint density at radius 3 is 1.87 bits per heavy atom. The Morgan fingerprint density at radius 1 is 0.739 bits per heavy atom. The lowest BCUT2D eigenvalue weighted by Crippen LogP contribution is -2.09. The number of phenols is 2. The van der Waals surface area contributed by atoms with Crippen molar-refractivity contribution in [3.8, 4) is 11.5 Å². The van der Waals surface area contributed by atoms with E-state index in [1.54, 1.807) is 27.7 Å². The molecule has 0 bridgehead atoms. The van der Waals surface area contributed by atoms with E-state index in [0.717, 1.165) is 11.1 Å². The average Bonchev–Trinajstić information content (AvgIpc) is 2.46. The minimum Gasteiger partial charge on any atom is -0.507 e. The van der Waals surface area contributed by atoms with Crippen molar-refractivity contribution in [2.75, 3.05) is 0 Å². The third-order valence-corrected chi connectivity index (χ3v) is 6.70. The number of phenolic OH excluding ortho intramolecular Hbond substituents is 2. The Balaban J connectivity index is 2.88. The molecule has 2 aromatic rings. The van der Waals surface area contributed by atoms with Crippen LogP contribution >= 0.6 is 0 Å². The molecule has 2 aromatic carbocycles. The molecule has 0 amide bonds. The summed E-state index contributed by atoms with van der Waals surface area (Å²) in [6, 6.07) is 2.94. The highest BCUT2D eigenvalue weighted by molar-refractivity contribution is 7.91. The lowest BCUT2D eigenvalue weighted by molar-refractivity contribution is 0.456. The van der Waals surface area contributed by atoms with Gasteiger partial charge in [-0.2, -0.15) is 0 Å². The van der Waals surface area contributed by atoms with Gasteiger partial charge in [-0.1, -0.05) is 0 Å². The van der Waals surface area contributed by atoms with Crippen LogP contribution in [0.3, 0.4) is 0 Å². The van der Waals surface area contributed by atoms with Crippen LogP contribution in [0.15, 0.2) is 21.9 Å². The van der Waals surface area contributed by atoms with E-state index in [9.17, 15) is 18.6 Å². The molecule has 0 aliphatic heterocycles. The highest BCUT2D eigenvalue weighted by Crippen LogP contribution is 2.38. The Labute approximate surface area is 137 Å². The number of hydrogen-bond donors (Lipinski definition) is 2. The maximum atomic E-state index is 13.1. The zero-order valence-electron chi connectivity index (χ0n) is 14.3. The predicted molar refractivity (Wildman–Crippen MR) is 90.1 cm³/mol. The van der Waals surface area contributed by atoms with Crippen molar-refractivity contribution in [2.24, 2.45) is 0 Å². The highest BCUT2D eigenvalue weighted by atomic mass is 32.2. The zero-order valence-corrected chi connectivity index (χ0v) is 15.1. The molecule has 23 heavy (non-hydrogen) atoms. The molecule has 0 aliphatic carbocycles. The molecule has 0 radical (unpaired) electrons. The molecule has 0 fully saturated rings. The molecule has 5 heteroatoms. The zero-order chi connectivity index (χ0) is 17.7. The Hall–Kier alpha value is -2.01. The number of sulfone groups is 1. The van der Waals surface area contributed by atoms with Crippen molar-refractivity contribution in [2.45, 2.75) is 51.3 Å².